The van der Waals surface area contributed by atoms with Crippen molar-refractivity contribution in [1.29, 1.82) is 0 Å². The van der Waals surface area contributed by atoms with E-state index in [1.807, 2.05) is 0 Å². The number of amides is 2. The lowest BCUT2D eigenvalue weighted by molar-refractivity contribution is -0.140. The Kier molecular flexibility index (Phi) is 4.60. The SMILES string of the molecule is COCC(NC(=O)NCC1CC2CCC1O2)C(=O)O. The van der Waals surface area contributed by atoms with Gasteiger partial charge in [-0.3, -0.25) is 0 Å². The van der Waals surface area contributed by atoms with E-state index in [9.17, 15) is 9.59 Å². The molecular formula is C12H20N2O5. The molecule has 0 saturated carbocycles. The normalized spacial score (nSPS) is 30.1. The molecule has 2 rings (SSSR count). The second-order valence-corrected chi connectivity index (χ2v) is 5.07. The standard InChI is InChI=1S/C12H20N2O5/c1-18-6-9(11(15)16)14-12(17)13-5-7-4-8-2-3-10(7)19-8/h7-10H,2-6H2,1H3,(H,15,16)(H2,13,14,17). The molecule has 0 spiro atoms. The number of nitrogens with one attached hydrogen (secondary N) is 2. The fourth-order valence-electron chi connectivity index (χ4n) is 2.73. The molecule has 2 aliphatic heterocycles. The van der Waals surface area contributed by atoms with Gasteiger partial charge in [0.2, 0.25) is 0 Å². The third-order valence-electron chi connectivity index (χ3n) is 3.69. The lowest BCUT2D eigenvalue weighted by atomic mass is 9.89. The Balaban J connectivity index is 1.70. The summed E-state index contributed by atoms with van der Waals surface area (Å²) in [6, 6.07) is -1.51. The average Bonchev–Trinajstić information content (AvgIpc) is 2.97. The van der Waals surface area contributed by atoms with Gasteiger partial charge in [-0.2, -0.15) is 0 Å². The number of carbonyl (C=O) groups excluding carboxylic acids is 1. The fraction of sp³-hybridized carbons (Fsp3) is 0.833. The number of fused-ring (bicyclic) bond motifs is 2. The smallest absolute Gasteiger partial charge is 0.328 e. The van der Waals surface area contributed by atoms with Crippen molar-refractivity contribution >= 4 is 12.0 Å². The summed E-state index contributed by atoms with van der Waals surface area (Å²) in [5.41, 5.74) is 0. The van der Waals surface area contributed by atoms with E-state index >= 15 is 0 Å². The summed E-state index contributed by atoms with van der Waals surface area (Å²) >= 11 is 0. The molecular weight excluding hydrogens is 252 g/mol. The van der Waals surface area contributed by atoms with Gasteiger partial charge in [0.05, 0.1) is 18.8 Å². The fourth-order valence-corrected chi connectivity index (χ4v) is 2.73. The van der Waals surface area contributed by atoms with Crippen LogP contribution in [0.5, 0.6) is 0 Å². The summed E-state index contributed by atoms with van der Waals surface area (Å²) in [7, 11) is 1.39. The molecule has 7 nitrogen and oxygen atoms in total. The average molecular weight is 272 g/mol. The van der Waals surface area contributed by atoms with Crippen LogP contribution in [0.4, 0.5) is 4.79 Å². The zero-order chi connectivity index (χ0) is 13.8. The summed E-state index contributed by atoms with van der Waals surface area (Å²) in [6.07, 6.45) is 3.74. The first-order valence-corrected chi connectivity index (χ1v) is 6.51. The molecule has 0 radical (unpaired) electrons. The predicted octanol–water partition coefficient (Wildman–Crippen LogP) is -0.0473. The molecule has 2 fully saturated rings. The van der Waals surface area contributed by atoms with Gasteiger partial charge >= 0.3 is 12.0 Å². The number of hydrogen-bond acceptors (Lipinski definition) is 4. The van der Waals surface area contributed by atoms with E-state index in [2.05, 4.69) is 10.6 Å². The molecule has 0 aromatic rings. The van der Waals surface area contributed by atoms with Crippen molar-refractivity contribution in [2.75, 3.05) is 20.3 Å². The van der Waals surface area contributed by atoms with Gasteiger partial charge in [0, 0.05) is 19.6 Å². The number of hydrogen-bond donors (Lipinski definition) is 3. The van der Waals surface area contributed by atoms with Gasteiger partial charge in [0.15, 0.2) is 6.04 Å². The van der Waals surface area contributed by atoms with Gasteiger partial charge in [-0.15, -0.1) is 0 Å². The topological polar surface area (TPSA) is 96.9 Å². The number of urea groups is 1. The minimum atomic E-state index is -1.11. The molecule has 0 aromatic carbocycles. The molecule has 108 valence electrons. The van der Waals surface area contributed by atoms with Crippen molar-refractivity contribution in [1.82, 2.24) is 10.6 Å². The molecule has 7 heteroatoms. The number of rotatable bonds is 6. The number of aliphatic carboxylic acids is 1. The van der Waals surface area contributed by atoms with Crippen molar-refractivity contribution in [2.45, 2.75) is 37.5 Å². The minimum absolute atomic E-state index is 0.0556. The van der Waals surface area contributed by atoms with Crippen molar-refractivity contribution in [3.05, 3.63) is 0 Å². The van der Waals surface area contributed by atoms with Crippen LogP contribution in [0.15, 0.2) is 0 Å². The third-order valence-corrected chi connectivity index (χ3v) is 3.69. The molecule has 0 aliphatic carbocycles. The summed E-state index contributed by atoms with van der Waals surface area (Å²) < 4.78 is 10.4. The van der Waals surface area contributed by atoms with Crippen molar-refractivity contribution in [2.24, 2.45) is 5.92 Å². The third kappa shape index (κ3) is 3.57. The van der Waals surface area contributed by atoms with Gasteiger partial charge in [0.1, 0.15) is 0 Å². The van der Waals surface area contributed by atoms with Crippen LogP contribution in [0, 0.1) is 5.92 Å². The molecule has 0 aromatic heterocycles. The Labute approximate surface area is 111 Å². The number of carboxylic acid groups (broad SMARTS) is 1. The molecule has 4 unspecified atom stereocenters. The lowest BCUT2D eigenvalue weighted by Gasteiger charge is -2.20. The zero-order valence-corrected chi connectivity index (χ0v) is 10.9. The minimum Gasteiger partial charge on any atom is -0.480 e. The highest BCUT2D eigenvalue weighted by molar-refractivity contribution is 5.82. The Morgan fingerprint density at radius 1 is 1.47 bits per heavy atom. The Morgan fingerprint density at radius 3 is 2.79 bits per heavy atom. The highest BCUT2D eigenvalue weighted by Crippen LogP contribution is 2.38. The predicted molar refractivity (Wildman–Crippen MR) is 65.8 cm³/mol. The number of methoxy groups -OCH3 is 1. The van der Waals surface area contributed by atoms with Crippen LogP contribution in [0.3, 0.4) is 0 Å². The van der Waals surface area contributed by atoms with Crippen LogP contribution >= 0.6 is 0 Å². The second kappa shape index (κ2) is 6.21. The van der Waals surface area contributed by atoms with Crippen LogP contribution in [-0.2, 0) is 14.3 Å². The lowest BCUT2D eigenvalue weighted by Crippen LogP contribution is -2.49. The number of carboxylic acids is 1. The monoisotopic (exact) mass is 272 g/mol. The van der Waals surface area contributed by atoms with Crippen LogP contribution in [0.1, 0.15) is 19.3 Å². The van der Waals surface area contributed by atoms with E-state index in [1.54, 1.807) is 0 Å². The van der Waals surface area contributed by atoms with E-state index in [0.717, 1.165) is 19.3 Å². The molecule has 2 bridgehead atoms. The van der Waals surface area contributed by atoms with Gasteiger partial charge in [-0.25, -0.2) is 9.59 Å². The van der Waals surface area contributed by atoms with Crippen molar-refractivity contribution in [3.63, 3.8) is 0 Å². The second-order valence-electron chi connectivity index (χ2n) is 5.07. The molecule has 19 heavy (non-hydrogen) atoms. The molecule has 4 atom stereocenters. The maximum absolute atomic E-state index is 11.6. The van der Waals surface area contributed by atoms with E-state index in [4.69, 9.17) is 14.6 Å². The number of carbonyl (C=O) groups is 2. The van der Waals surface area contributed by atoms with Crippen molar-refractivity contribution < 1.29 is 24.2 Å². The summed E-state index contributed by atoms with van der Waals surface area (Å²) in [4.78, 5) is 22.5. The van der Waals surface area contributed by atoms with Gasteiger partial charge < -0.3 is 25.2 Å². The Hall–Kier alpha value is -1.34. The summed E-state index contributed by atoms with van der Waals surface area (Å²) in [5, 5.41) is 14.0. The largest absolute Gasteiger partial charge is 0.480 e. The molecule has 2 amide bonds. The van der Waals surface area contributed by atoms with E-state index in [-0.39, 0.29) is 12.7 Å². The molecule has 2 saturated heterocycles. The Bertz CT molecular complexity index is 349. The zero-order valence-electron chi connectivity index (χ0n) is 10.9. The molecule has 2 heterocycles. The highest BCUT2D eigenvalue weighted by Gasteiger charge is 2.40. The summed E-state index contributed by atoms with van der Waals surface area (Å²) in [6.45, 7) is 0.465. The number of ether oxygens (including phenoxy) is 2. The van der Waals surface area contributed by atoms with Crippen LogP contribution in [0.2, 0.25) is 0 Å². The highest BCUT2D eigenvalue weighted by atomic mass is 16.5. The van der Waals surface area contributed by atoms with Crippen LogP contribution < -0.4 is 10.6 Å². The maximum Gasteiger partial charge on any atom is 0.328 e. The first kappa shape index (κ1) is 14.1. The van der Waals surface area contributed by atoms with Gasteiger partial charge in [-0.1, -0.05) is 0 Å². The van der Waals surface area contributed by atoms with E-state index in [0.29, 0.717) is 18.6 Å². The van der Waals surface area contributed by atoms with Crippen LogP contribution in [0.25, 0.3) is 0 Å². The first-order chi connectivity index (χ1) is 9.10. The van der Waals surface area contributed by atoms with Crippen LogP contribution in [-0.4, -0.2) is 55.6 Å². The Morgan fingerprint density at radius 2 is 2.26 bits per heavy atom. The van der Waals surface area contributed by atoms with E-state index < -0.39 is 18.0 Å². The maximum atomic E-state index is 11.6. The van der Waals surface area contributed by atoms with Gasteiger partial charge in [-0.05, 0) is 19.3 Å². The first-order valence-electron chi connectivity index (χ1n) is 6.51. The van der Waals surface area contributed by atoms with Crippen molar-refractivity contribution in [3.8, 4) is 0 Å². The quantitative estimate of drug-likeness (QED) is 0.630. The van der Waals surface area contributed by atoms with Gasteiger partial charge in [0.25, 0.3) is 0 Å². The summed E-state index contributed by atoms with van der Waals surface area (Å²) in [5.74, 6) is -0.768. The molecule has 2 aliphatic rings. The van der Waals surface area contributed by atoms with E-state index in [1.165, 1.54) is 7.11 Å². The molecule has 3 N–H and O–H groups in total.